The molecule has 3 aliphatic heterocycles. The van der Waals surface area contributed by atoms with Crippen LogP contribution in [0.1, 0.15) is 64.5 Å². The van der Waals surface area contributed by atoms with Crippen molar-refractivity contribution < 1.29 is 33.8 Å². The Hall–Kier alpha value is -3.99. The van der Waals surface area contributed by atoms with Crippen LogP contribution in [0.15, 0.2) is 79.9 Å². The highest BCUT2D eigenvalue weighted by Gasteiger charge is 2.76. The molecule has 3 fully saturated rings. The Morgan fingerprint density at radius 2 is 1.84 bits per heavy atom. The normalized spacial score (nSPS) is 26.0. The van der Waals surface area contributed by atoms with E-state index in [9.17, 15) is 24.3 Å². The minimum absolute atomic E-state index is 0.110. The van der Waals surface area contributed by atoms with Crippen LogP contribution in [0, 0.1) is 17.8 Å². The average Bonchev–Trinajstić information content (AvgIpc) is 3.76. The van der Waals surface area contributed by atoms with Gasteiger partial charge in [0, 0.05) is 13.0 Å². The van der Waals surface area contributed by atoms with Crippen LogP contribution < -0.4 is 10.2 Å². The number of nitrogens with one attached hydrogen (secondary N) is 1. The second-order valence-electron chi connectivity index (χ2n) is 13.6. The summed E-state index contributed by atoms with van der Waals surface area (Å²) in [6.45, 7) is 12.9. The Kier molecular flexibility index (Phi) is 11.9. The summed E-state index contributed by atoms with van der Waals surface area (Å²) in [6.07, 6.45) is 3.92. The van der Waals surface area contributed by atoms with E-state index in [-0.39, 0.29) is 31.4 Å². The van der Waals surface area contributed by atoms with Gasteiger partial charge in [-0.2, -0.15) is 0 Å². The van der Waals surface area contributed by atoms with Crippen LogP contribution in [0.4, 0.5) is 5.69 Å². The second kappa shape index (κ2) is 15.9. The first-order valence-corrected chi connectivity index (χ1v) is 17.9. The van der Waals surface area contributed by atoms with Crippen LogP contribution >= 0.6 is 11.6 Å². The van der Waals surface area contributed by atoms with E-state index < -0.39 is 65.6 Å². The topological polar surface area (TPSA) is 125 Å². The van der Waals surface area contributed by atoms with E-state index in [1.165, 1.54) is 9.80 Å². The quantitative estimate of drug-likeness (QED) is 0.177. The maximum atomic E-state index is 14.9. The smallest absolute Gasteiger partial charge is 0.313 e. The third-order valence-corrected chi connectivity index (χ3v) is 10.9. The maximum absolute atomic E-state index is 14.9. The van der Waals surface area contributed by atoms with Crippen molar-refractivity contribution in [2.45, 2.75) is 88.8 Å². The first-order valence-electron chi connectivity index (χ1n) is 17.5. The fourth-order valence-corrected chi connectivity index (χ4v) is 8.24. The standard InChI is InChI=1S/C39H48ClN3O7/c1-6-9-19-31(45)41-25(5)34(26-15-11-10-12-16-26)49-38(48)32-30-20-21-39(50-30)33(32)36(46)43(29(23-44)24(4)8-3)35(39)37(47)42(22-7-2)28-18-14-13-17-27(28)40/h6-7,10-18,24-25,29-30,32-35,44H,1-2,8-9,19-23H2,3-5H3,(H,41,45)/t24-,25+,29-,30+,32-,33-,34+,35+,39-/m0/s1. The number of hydrogen-bond donors (Lipinski definition) is 2. The van der Waals surface area contributed by atoms with Crippen molar-refractivity contribution >= 4 is 41.0 Å². The zero-order valence-corrected chi connectivity index (χ0v) is 29.8. The largest absolute Gasteiger partial charge is 0.455 e. The number of likely N-dealkylation sites (tertiary alicyclic amines) is 1. The average molecular weight is 706 g/mol. The first kappa shape index (κ1) is 37.3. The van der Waals surface area contributed by atoms with E-state index in [0.717, 1.165) is 0 Å². The lowest BCUT2D eigenvalue weighted by molar-refractivity contribution is -0.162. The molecule has 0 aromatic heterocycles. The number of allylic oxidation sites excluding steroid dienone is 1. The minimum atomic E-state index is -1.34. The Morgan fingerprint density at radius 1 is 1.14 bits per heavy atom. The SMILES string of the molecule is C=CCCC(=O)N[C@H](C)[C@@H](OC(=O)[C@@H]1[C@H]2C(=O)N([C@@H](CO)[C@@H](C)CC)[C@H](C(=O)N(CC=C)c3ccccc3Cl)[C@]23CC[C@H]1O3)c1ccccc1. The molecule has 0 saturated carbocycles. The molecule has 2 N–H and O–H groups in total. The summed E-state index contributed by atoms with van der Waals surface area (Å²) in [7, 11) is 0. The number of amides is 3. The Balaban J connectivity index is 1.53. The number of aliphatic hydroxyl groups is 1. The number of benzene rings is 2. The maximum Gasteiger partial charge on any atom is 0.313 e. The molecule has 3 aliphatic rings. The van der Waals surface area contributed by atoms with Crippen molar-refractivity contribution in [2.75, 3.05) is 18.1 Å². The molecule has 2 bridgehead atoms. The summed E-state index contributed by atoms with van der Waals surface area (Å²) in [5.74, 6) is -3.89. The third-order valence-electron chi connectivity index (χ3n) is 10.6. The van der Waals surface area contributed by atoms with Crippen LogP contribution in [-0.2, 0) is 28.7 Å². The zero-order chi connectivity index (χ0) is 36.2. The second-order valence-corrected chi connectivity index (χ2v) is 14.0. The van der Waals surface area contributed by atoms with Gasteiger partial charge in [0.2, 0.25) is 11.8 Å². The molecule has 3 heterocycles. The number of ether oxygens (including phenoxy) is 2. The molecule has 10 nitrogen and oxygen atoms in total. The van der Waals surface area contributed by atoms with E-state index in [1.807, 2.05) is 44.2 Å². The molecule has 50 heavy (non-hydrogen) atoms. The number of esters is 1. The van der Waals surface area contributed by atoms with Gasteiger partial charge in [-0.25, -0.2) is 0 Å². The number of para-hydroxylation sites is 1. The number of nitrogens with zero attached hydrogens (tertiary/aromatic N) is 2. The fraction of sp³-hybridized carbons (Fsp3) is 0.487. The highest BCUT2D eigenvalue weighted by molar-refractivity contribution is 6.34. The molecular formula is C39H48ClN3O7. The Labute approximate surface area is 299 Å². The molecule has 2 aromatic carbocycles. The first-order chi connectivity index (χ1) is 24.0. The molecule has 2 aromatic rings. The summed E-state index contributed by atoms with van der Waals surface area (Å²) in [5.41, 5.74) is -0.203. The third kappa shape index (κ3) is 6.85. The molecule has 5 rings (SSSR count). The molecular weight excluding hydrogens is 658 g/mol. The van der Waals surface area contributed by atoms with E-state index in [4.69, 9.17) is 21.1 Å². The molecule has 11 heteroatoms. The number of rotatable bonds is 16. The monoisotopic (exact) mass is 705 g/mol. The molecule has 9 atom stereocenters. The Morgan fingerprint density at radius 3 is 2.48 bits per heavy atom. The predicted molar refractivity (Wildman–Crippen MR) is 191 cm³/mol. The van der Waals surface area contributed by atoms with Gasteiger partial charge in [0.1, 0.15) is 17.7 Å². The van der Waals surface area contributed by atoms with Crippen LogP contribution in [0.3, 0.4) is 0 Å². The predicted octanol–water partition coefficient (Wildman–Crippen LogP) is 5.40. The van der Waals surface area contributed by atoms with Gasteiger partial charge < -0.3 is 29.7 Å². The van der Waals surface area contributed by atoms with Gasteiger partial charge in [-0.15, -0.1) is 13.2 Å². The van der Waals surface area contributed by atoms with Crippen LogP contribution in [-0.4, -0.2) is 76.7 Å². The van der Waals surface area contributed by atoms with Crippen LogP contribution in [0.5, 0.6) is 0 Å². The highest BCUT2D eigenvalue weighted by atomic mass is 35.5. The van der Waals surface area contributed by atoms with Crippen molar-refractivity contribution in [1.82, 2.24) is 10.2 Å². The summed E-state index contributed by atoms with van der Waals surface area (Å²) in [4.78, 5) is 59.8. The van der Waals surface area contributed by atoms with Gasteiger partial charge in [-0.05, 0) is 49.8 Å². The molecule has 0 radical (unpaired) electrons. The van der Waals surface area contributed by atoms with E-state index in [2.05, 4.69) is 18.5 Å². The van der Waals surface area contributed by atoms with Crippen LogP contribution in [0.2, 0.25) is 5.02 Å². The summed E-state index contributed by atoms with van der Waals surface area (Å²) in [5, 5.41) is 14.0. The molecule has 1 spiro atoms. The molecule has 0 unspecified atom stereocenters. The highest BCUT2D eigenvalue weighted by Crippen LogP contribution is 2.60. The number of anilines is 1. The van der Waals surface area contributed by atoms with Crippen LogP contribution in [0.25, 0.3) is 0 Å². The van der Waals surface area contributed by atoms with Gasteiger partial charge in [0.05, 0.1) is 47.3 Å². The van der Waals surface area contributed by atoms with Gasteiger partial charge in [0.25, 0.3) is 5.91 Å². The van der Waals surface area contributed by atoms with E-state index in [0.29, 0.717) is 42.0 Å². The number of halogens is 1. The summed E-state index contributed by atoms with van der Waals surface area (Å²) in [6, 6.07) is 13.6. The van der Waals surface area contributed by atoms with Crippen molar-refractivity contribution in [3.8, 4) is 0 Å². The van der Waals surface area contributed by atoms with Gasteiger partial charge >= 0.3 is 5.97 Å². The number of hydrogen-bond acceptors (Lipinski definition) is 7. The summed E-state index contributed by atoms with van der Waals surface area (Å²) >= 11 is 6.60. The summed E-state index contributed by atoms with van der Waals surface area (Å²) < 4.78 is 12.9. The zero-order valence-electron chi connectivity index (χ0n) is 29.0. The van der Waals surface area contributed by atoms with Gasteiger partial charge in [-0.3, -0.25) is 19.2 Å². The van der Waals surface area contributed by atoms with Gasteiger partial charge in [-0.1, -0.05) is 86.5 Å². The lowest BCUT2D eigenvalue weighted by Crippen LogP contribution is -2.60. The molecule has 0 aliphatic carbocycles. The lowest BCUT2D eigenvalue weighted by atomic mass is 9.70. The van der Waals surface area contributed by atoms with Crippen molar-refractivity contribution in [2.24, 2.45) is 17.8 Å². The molecule has 3 amide bonds. The fourth-order valence-electron chi connectivity index (χ4n) is 8.00. The van der Waals surface area contributed by atoms with Crippen molar-refractivity contribution in [3.63, 3.8) is 0 Å². The number of carbonyl (C=O) groups excluding carboxylic acids is 4. The molecule has 268 valence electrons. The van der Waals surface area contributed by atoms with Gasteiger partial charge in [0.15, 0.2) is 0 Å². The lowest BCUT2D eigenvalue weighted by Gasteiger charge is -2.41. The Bertz CT molecular complexity index is 1590. The van der Waals surface area contributed by atoms with Crippen molar-refractivity contribution in [1.29, 1.82) is 0 Å². The molecule has 3 saturated heterocycles. The number of aliphatic hydroxyl groups excluding tert-OH is 1. The van der Waals surface area contributed by atoms with Crippen molar-refractivity contribution in [3.05, 3.63) is 90.5 Å². The van der Waals surface area contributed by atoms with E-state index >= 15 is 0 Å². The van der Waals surface area contributed by atoms with E-state index in [1.54, 1.807) is 43.3 Å². The minimum Gasteiger partial charge on any atom is -0.455 e. The number of fused-ring (bicyclic) bond motifs is 1. The number of carbonyl (C=O) groups is 4.